The number of aromatic amines is 1. The highest BCUT2D eigenvalue weighted by molar-refractivity contribution is 5.85. The van der Waals surface area contributed by atoms with Crippen molar-refractivity contribution in [2.75, 3.05) is 44.8 Å². The minimum absolute atomic E-state index is 0.125. The summed E-state index contributed by atoms with van der Waals surface area (Å²) in [6.45, 7) is 6.27. The number of rotatable bonds is 10. The number of benzene rings is 2. The summed E-state index contributed by atoms with van der Waals surface area (Å²) in [6.07, 6.45) is 6.28. The zero-order valence-corrected chi connectivity index (χ0v) is 22.1. The van der Waals surface area contributed by atoms with Crippen LogP contribution in [-0.4, -0.2) is 71.4 Å². The smallest absolute Gasteiger partial charge is 0.0906 e. The van der Waals surface area contributed by atoms with Crippen molar-refractivity contribution in [1.29, 1.82) is 0 Å². The Morgan fingerprint density at radius 3 is 2.57 bits per heavy atom. The van der Waals surface area contributed by atoms with E-state index in [0.29, 0.717) is 25.1 Å². The highest BCUT2D eigenvalue weighted by atomic mass is 19.1. The van der Waals surface area contributed by atoms with Crippen LogP contribution in [0.2, 0.25) is 0 Å². The molecule has 0 unspecified atom stereocenters. The second-order valence-corrected chi connectivity index (χ2v) is 11.8. The summed E-state index contributed by atoms with van der Waals surface area (Å²) in [5, 5.41) is 15.1. The number of H-pyrrole nitrogens is 1. The van der Waals surface area contributed by atoms with Crippen molar-refractivity contribution in [2.45, 2.75) is 63.6 Å². The van der Waals surface area contributed by atoms with Crippen LogP contribution >= 0.6 is 0 Å². The average molecular weight is 505 g/mol. The van der Waals surface area contributed by atoms with Gasteiger partial charge in [0.15, 0.2) is 0 Å². The number of alkyl halides is 1. The predicted octanol–water partition coefficient (Wildman–Crippen LogP) is 5.51. The Bertz CT molecular complexity index is 1190. The van der Waals surface area contributed by atoms with Gasteiger partial charge < -0.3 is 15.4 Å². The van der Waals surface area contributed by atoms with E-state index >= 15 is 0 Å². The molecule has 5 nitrogen and oxygen atoms in total. The third kappa shape index (κ3) is 4.80. The molecule has 2 aliphatic heterocycles. The molecule has 6 heteroatoms. The van der Waals surface area contributed by atoms with E-state index in [4.69, 9.17) is 0 Å². The maximum absolute atomic E-state index is 12.4. The first-order chi connectivity index (χ1) is 18.1. The van der Waals surface area contributed by atoms with Gasteiger partial charge in [0.25, 0.3) is 0 Å². The van der Waals surface area contributed by atoms with E-state index in [-0.39, 0.29) is 18.1 Å². The van der Waals surface area contributed by atoms with Crippen molar-refractivity contribution in [2.24, 2.45) is 5.41 Å². The van der Waals surface area contributed by atoms with E-state index in [1.165, 1.54) is 34.1 Å². The fraction of sp³-hybridized carbons (Fsp3) is 0.548. The summed E-state index contributed by atoms with van der Waals surface area (Å²) in [7, 11) is 0. The molecule has 3 heterocycles. The highest BCUT2D eigenvalue weighted by Crippen LogP contribution is 2.46. The fourth-order valence-electron chi connectivity index (χ4n) is 6.87. The summed E-state index contributed by atoms with van der Waals surface area (Å²) in [4.78, 5) is 8.78. The van der Waals surface area contributed by atoms with Gasteiger partial charge in [0, 0.05) is 61.1 Å². The largest absolute Gasteiger partial charge is 0.396 e. The number of likely N-dealkylation sites (tertiary alicyclic amines) is 1. The highest BCUT2D eigenvalue weighted by Gasteiger charge is 2.40. The number of hydrogen-bond acceptors (Lipinski definition) is 4. The molecule has 3 aliphatic rings. The molecule has 37 heavy (non-hydrogen) atoms. The number of nitrogens with zero attached hydrogens (tertiary/aromatic N) is 2. The van der Waals surface area contributed by atoms with Crippen LogP contribution in [0, 0.1) is 5.41 Å². The van der Waals surface area contributed by atoms with Crippen molar-refractivity contribution in [3.8, 4) is 0 Å². The molecule has 3 aromatic rings. The summed E-state index contributed by atoms with van der Waals surface area (Å²) in [6, 6.07) is 18.8. The Balaban J connectivity index is 1.24. The van der Waals surface area contributed by atoms with Crippen LogP contribution < -0.4 is 5.32 Å². The molecule has 0 bridgehead atoms. The van der Waals surface area contributed by atoms with Crippen LogP contribution in [0.15, 0.2) is 48.5 Å². The van der Waals surface area contributed by atoms with Crippen LogP contribution in [0.3, 0.4) is 0 Å². The van der Waals surface area contributed by atoms with E-state index in [1.54, 1.807) is 0 Å². The van der Waals surface area contributed by atoms with Gasteiger partial charge in [0.05, 0.1) is 18.8 Å². The fourth-order valence-corrected chi connectivity index (χ4v) is 6.87. The van der Waals surface area contributed by atoms with Crippen LogP contribution in [0.1, 0.15) is 61.9 Å². The van der Waals surface area contributed by atoms with E-state index in [0.717, 1.165) is 57.5 Å². The first kappa shape index (κ1) is 24.9. The number of aliphatic hydroxyl groups excluding tert-OH is 1. The molecule has 1 saturated carbocycles. The predicted molar refractivity (Wildman–Crippen MR) is 149 cm³/mol. The lowest BCUT2D eigenvalue weighted by Gasteiger charge is -2.46. The quantitative estimate of drug-likeness (QED) is 0.341. The number of fused-ring (bicyclic) bond motifs is 3. The summed E-state index contributed by atoms with van der Waals surface area (Å²) in [5.41, 5.74) is 6.59. The number of aliphatic hydroxyl groups is 1. The zero-order chi connectivity index (χ0) is 25.4. The normalized spacial score (nSPS) is 24.0. The molecule has 0 radical (unpaired) electrons. The van der Waals surface area contributed by atoms with Crippen LogP contribution in [0.5, 0.6) is 0 Å². The number of para-hydroxylation sites is 1. The Labute approximate surface area is 220 Å². The van der Waals surface area contributed by atoms with Crippen LogP contribution in [0.4, 0.5) is 10.1 Å². The Hall–Kier alpha value is -2.41. The van der Waals surface area contributed by atoms with Crippen molar-refractivity contribution in [1.82, 2.24) is 14.8 Å². The first-order valence-corrected chi connectivity index (χ1v) is 14.2. The molecule has 2 fully saturated rings. The molecule has 0 amide bonds. The Morgan fingerprint density at radius 1 is 1.08 bits per heavy atom. The van der Waals surface area contributed by atoms with Gasteiger partial charge in [-0.25, -0.2) is 0 Å². The average Bonchev–Trinajstić information content (AvgIpc) is 3.23. The van der Waals surface area contributed by atoms with E-state index < -0.39 is 0 Å². The van der Waals surface area contributed by atoms with Gasteiger partial charge in [-0.3, -0.25) is 14.2 Å². The number of halogens is 1. The number of hydrogen-bond donors (Lipinski definition) is 3. The van der Waals surface area contributed by atoms with Crippen molar-refractivity contribution in [3.63, 3.8) is 0 Å². The van der Waals surface area contributed by atoms with Gasteiger partial charge in [0.2, 0.25) is 0 Å². The summed E-state index contributed by atoms with van der Waals surface area (Å²) >= 11 is 0. The van der Waals surface area contributed by atoms with Gasteiger partial charge in [-0.1, -0.05) is 36.8 Å². The second-order valence-electron chi connectivity index (χ2n) is 11.8. The molecular formula is C31H41FN4O. The molecule has 3 N–H and O–H groups in total. The summed E-state index contributed by atoms with van der Waals surface area (Å²) in [5.74, 6) is 0. The van der Waals surface area contributed by atoms with Crippen molar-refractivity contribution < 1.29 is 9.50 Å². The van der Waals surface area contributed by atoms with Gasteiger partial charge >= 0.3 is 0 Å². The van der Waals surface area contributed by atoms with Gasteiger partial charge in [-0.2, -0.15) is 0 Å². The van der Waals surface area contributed by atoms with Crippen LogP contribution in [-0.2, 0) is 6.42 Å². The SMILES string of the molecule is C[C@@H]1Cc2c([nH]c3ccccc23)[C@@H](c2ccc(NC3CN(CCCF)C3)cc2)N1CCC1(CO)CCC1. The molecule has 198 valence electrons. The zero-order valence-electron chi connectivity index (χ0n) is 22.1. The second kappa shape index (κ2) is 10.4. The van der Waals surface area contributed by atoms with Gasteiger partial charge in [-0.15, -0.1) is 0 Å². The van der Waals surface area contributed by atoms with Crippen molar-refractivity contribution in [3.05, 3.63) is 65.4 Å². The minimum Gasteiger partial charge on any atom is -0.396 e. The molecule has 2 aromatic carbocycles. The van der Waals surface area contributed by atoms with E-state index in [2.05, 4.69) is 75.6 Å². The van der Waals surface area contributed by atoms with Gasteiger partial charge in [-0.05, 0) is 73.8 Å². The number of anilines is 1. The number of aromatic nitrogens is 1. The number of nitrogens with one attached hydrogen (secondary N) is 2. The monoisotopic (exact) mass is 504 g/mol. The third-order valence-electron chi connectivity index (χ3n) is 9.33. The molecular weight excluding hydrogens is 463 g/mol. The standard InChI is InChI=1S/C31H41FN4O/c1-22-18-27-26-6-2-3-7-28(26)34-29(27)30(36(22)17-14-31(21-37)12-4-13-31)23-8-10-24(11-9-23)33-25-19-35(20-25)16-5-15-32/h2-3,6-11,22,25,30,33-34,37H,4-5,12-21H2,1H3/t22-,30-/m1/s1. The summed E-state index contributed by atoms with van der Waals surface area (Å²) < 4.78 is 12.4. The van der Waals surface area contributed by atoms with E-state index in [9.17, 15) is 9.50 Å². The lowest BCUT2D eigenvalue weighted by Crippen LogP contribution is -2.54. The van der Waals surface area contributed by atoms with Crippen LogP contribution in [0.25, 0.3) is 10.9 Å². The topological polar surface area (TPSA) is 54.5 Å². The molecule has 1 aliphatic carbocycles. The Kier molecular flexibility index (Phi) is 6.99. The third-order valence-corrected chi connectivity index (χ3v) is 9.33. The minimum atomic E-state index is -0.230. The molecule has 2 atom stereocenters. The maximum atomic E-state index is 12.4. The van der Waals surface area contributed by atoms with Crippen molar-refractivity contribution >= 4 is 16.6 Å². The van der Waals surface area contributed by atoms with Gasteiger partial charge in [0.1, 0.15) is 0 Å². The first-order valence-electron chi connectivity index (χ1n) is 14.2. The molecule has 0 spiro atoms. The molecule has 1 saturated heterocycles. The lowest BCUT2D eigenvalue weighted by atomic mass is 9.67. The Morgan fingerprint density at radius 2 is 1.86 bits per heavy atom. The van der Waals surface area contributed by atoms with E-state index in [1.807, 2.05) is 0 Å². The molecule has 6 rings (SSSR count). The lowest BCUT2D eigenvalue weighted by molar-refractivity contribution is 0.0155. The maximum Gasteiger partial charge on any atom is 0.0906 e. The molecule has 1 aromatic heterocycles.